The van der Waals surface area contributed by atoms with Crippen LogP contribution in [0.4, 0.5) is 0 Å². The lowest BCUT2D eigenvalue weighted by Crippen LogP contribution is -2.12. The number of carbonyl (C=O) groups is 2. The van der Waals surface area contributed by atoms with Crippen LogP contribution in [0.2, 0.25) is 0 Å². The van der Waals surface area contributed by atoms with Crippen LogP contribution in [0.1, 0.15) is 25.5 Å². The third-order valence-corrected chi connectivity index (χ3v) is 1.86. The zero-order valence-electron chi connectivity index (χ0n) is 8.93. The summed E-state index contributed by atoms with van der Waals surface area (Å²) < 4.78 is 4.87. The molecule has 0 spiro atoms. The van der Waals surface area contributed by atoms with Gasteiger partial charge in [0.15, 0.2) is 17.5 Å². The van der Waals surface area contributed by atoms with Crippen LogP contribution in [0.25, 0.3) is 0 Å². The van der Waals surface area contributed by atoms with Crippen molar-refractivity contribution in [3.8, 4) is 11.8 Å². The Labute approximate surface area is 92.7 Å². The van der Waals surface area contributed by atoms with Gasteiger partial charge in [0, 0.05) is 13.1 Å². The molecular weight excluding hydrogens is 208 g/mol. The third kappa shape index (κ3) is 2.64. The van der Waals surface area contributed by atoms with Crippen LogP contribution in [-0.4, -0.2) is 16.7 Å². The maximum Gasteiger partial charge on any atom is 0.308 e. The number of ether oxygens (including phenoxy) is 1. The van der Waals surface area contributed by atoms with Gasteiger partial charge in [-0.1, -0.05) is 0 Å². The number of hydrogen-bond donors (Lipinski definition) is 0. The van der Waals surface area contributed by atoms with Crippen molar-refractivity contribution in [3.05, 3.63) is 24.0 Å². The zero-order valence-corrected chi connectivity index (χ0v) is 8.93. The van der Waals surface area contributed by atoms with E-state index in [-0.39, 0.29) is 17.2 Å². The van der Waals surface area contributed by atoms with Crippen molar-refractivity contribution in [2.24, 2.45) is 0 Å². The first-order valence-electron chi connectivity index (χ1n) is 4.59. The molecule has 82 valence electrons. The maximum absolute atomic E-state index is 11.2. The molecule has 0 aliphatic carbocycles. The number of pyridine rings is 1. The fourth-order valence-electron chi connectivity index (χ4n) is 1.21. The monoisotopic (exact) mass is 218 g/mol. The van der Waals surface area contributed by atoms with Crippen molar-refractivity contribution in [2.45, 2.75) is 19.8 Å². The lowest BCUT2D eigenvalue weighted by atomic mass is 10.0. The number of rotatable bonds is 3. The zero-order chi connectivity index (χ0) is 12.1. The van der Waals surface area contributed by atoms with Crippen LogP contribution in [0.3, 0.4) is 0 Å². The van der Waals surface area contributed by atoms with Gasteiger partial charge in [-0.25, -0.2) is 0 Å². The van der Waals surface area contributed by atoms with E-state index < -0.39 is 11.9 Å². The Balaban J connectivity index is 3.17. The summed E-state index contributed by atoms with van der Waals surface area (Å²) in [5, 5.41) is 8.86. The molecule has 0 amide bonds. The molecule has 1 unspecified atom stereocenters. The summed E-state index contributed by atoms with van der Waals surface area (Å²) in [7, 11) is 0. The second-order valence-electron chi connectivity index (χ2n) is 3.15. The average molecular weight is 218 g/mol. The molecule has 1 rings (SSSR count). The van der Waals surface area contributed by atoms with Gasteiger partial charge < -0.3 is 4.74 Å². The van der Waals surface area contributed by atoms with Crippen LogP contribution in [-0.2, 0) is 9.59 Å². The van der Waals surface area contributed by atoms with E-state index in [0.29, 0.717) is 0 Å². The summed E-state index contributed by atoms with van der Waals surface area (Å²) in [5.74, 6) is -1.71. The lowest BCUT2D eigenvalue weighted by Gasteiger charge is -2.09. The first kappa shape index (κ1) is 11.9. The van der Waals surface area contributed by atoms with Crippen molar-refractivity contribution < 1.29 is 14.3 Å². The Morgan fingerprint density at radius 3 is 2.69 bits per heavy atom. The standard InChI is InChI=1S/C11H10N2O3/c1-7(14)9(6-12)11-10(16-8(2)15)4-3-5-13-11/h3-5,9H,1-2H3. The smallest absolute Gasteiger partial charge is 0.308 e. The Bertz CT molecular complexity index is 463. The van der Waals surface area contributed by atoms with E-state index in [4.69, 9.17) is 10.00 Å². The predicted molar refractivity (Wildman–Crippen MR) is 54.6 cm³/mol. The largest absolute Gasteiger partial charge is 0.425 e. The summed E-state index contributed by atoms with van der Waals surface area (Å²) in [6.07, 6.45) is 1.44. The molecule has 0 aromatic carbocycles. The van der Waals surface area contributed by atoms with Crippen LogP contribution in [0, 0.1) is 11.3 Å². The van der Waals surface area contributed by atoms with Crippen LogP contribution in [0.5, 0.6) is 5.75 Å². The average Bonchev–Trinajstić information content (AvgIpc) is 2.20. The van der Waals surface area contributed by atoms with Gasteiger partial charge in [-0.05, 0) is 19.1 Å². The molecule has 5 nitrogen and oxygen atoms in total. The highest BCUT2D eigenvalue weighted by Crippen LogP contribution is 2.24. The molecular formula is C11H10N2O3. The maximum atomic E-state index is 11.2. The molecule has 0 saturated carbocycles. The van der Waals surface area contributed by atoms with Crippen LogP contribution < -0.4 is 4.74 Å². The summed E-state index contributed by atoms with van der Waals surface area (Å²) in [4.78, 5) is 25.9. The van der Waals surface area contributed by atoms with Gasteiger partial charge in [0.2, 0.25) is 0 Å². The summed E-state index contributed by atoms with van der Waals surface area (Å²) >= 11 is 0. The molecule has 0 bridgehead atoms. The number of esters is 1. The molecule has 1 aromatic heterocycles. The van der Waals surface area contributed by atoms with Gasteiger partial charge in [0.25, 0.3) is 0 Å². The van der Waals surface area contributed by atoms with Crippen LogP contribution in [0.15, 0.2) is 18.3 Å². The first-order valence-corrected chi connectivity index (χ1v) is 4.59. The Kier molecular flexibility index (Phi) is 3.72. The first-order chi connectivity index (χ1) is 7.56. The third-order valence-electron chi connectivity index (χ3n) is 1.86. The van der Waals surface area contributed by atoms with E-state index in [1.165, 1.54) is 26.1 Å². The van der Waals surface area contributed by atoms with E-state index in [9.17, 15) is 9.59 Å². The normalized spacial score (nSPS) is 11.3. The molecule has 5 heteroatoms. The number of hydrogen-bond acceptors (Lipinski definition) is 5. The number of ketones is 1. The van der Waals surface area contributed by atoms with E-state index >= 15 is 0 Å². The molecule has 1 aromatic rings. The van der Waals surface area contributed by atoms with E-state index in [2.05, 4.69) is 4.98 Å². The molecule has 0 saturated heterocycles. The van der Waals surface area contributed by atoms with Gasteiger partial charge in [-0.2, -0.15) is 5.26 Å². The number of carbonyl (C=O) groups excluding carboxylic acids is 2. The van der Waals surface area contributed by atoms with Crippen molar-refractivity contribution in [3.63, 3.8) is 0 Å². The number of aromatic nitrogens is 1. The highest BCUT2D eigenvalue weighted by atomic mass is 16.5. The predicted octanol–water partition coefficient (Wildman–Crippen LogP) is 1.20. The van der Waals surface area contributed by atoms with Crippen molar-refractivity contribution in [2.75, 3.05) is 0 Å². The number of nitriles is 1. The molecule has 1 heterocycles. The number of Topliss-reactive ketones (excluding diaryl/α,β-unsaturated/α-hetero) is 1. The summed E-state index contributed by atoms with van der Waals surface area (Å²) in [6, 6.07) is 4.89. The highest BCUT2D eigenvalue weighted by Gasteiger charge is 2.22. The van der Waals surface area contributed by atoms with E-state index in [1.807, 2.05) is 6.07 Å². The second-order valence-corrected chi connectivity index (χ2v) is 3.15. The summed E-state index contributed by atoms with van der Waals surface area (Å²) in [5.41, 5.74) is 0.174. The molecule has 0 fully saturated rings. The number of nitrogens with zero attached hydrogens (tertiary/aromatic N) is 2. The molecule has 0 aliphatic rings. The van der Waals surface area contributed by atoms with Gasteiger partial charge in [-0.3, -0.25) is 14.6 Å². The lowest BCUT2D eigenvalue weighted by molar-refractivity contribution is -0.132. The summed E-state index contributed by atoms with van der Waals surface area (Å²) in [6.45, 7) is 2.53. The quantitative estimate of drug-likeness (QED) is 0.712. The molecule has 16 heavy (non-hydrogen) atoms. The minimum Gasteiger partial charge on any atom is -0.425 e. The minimum atomic E-state index is -1.00. The van der Waals surface area contributed by atoms with Crippen molar-refractivity contribution >= 4 is 11.8 Å². The molecule has 0 radical (unpaired) electrons. The van der Waals surface area contributed by atoms with Gasteiger partial charge in [0.05, 0.1) is 6.07 Å². The van der Waals surface area contributed by atoms with E-state index in [0.717, 1.165) is 0 Å². The van der Waals surface area contributed by atoms with Gasteiger partial charge in [-0.15, -0.1) is 0 Å². The molecule has 1 atom stereocenters. The Morgan fingerprint density at radius 1 is 1.50 bits per heavy atom. The molecule has 0 aliphatic heterocycles. The van der Waals surface area contributed by atoms with E-state index in [1.54, 1.807) is 6.07 Å². The fourth-order valence-corrected chi connectivity index (χ4v) is 1.21. The van der Waals surface area contributed by atoms with Gasteiger partial charge >= 0.3 is 5.97 Å². The fraction of sp³-hybridized carbons (Fsp3) is 0.273. The van der Waals surface area contributed by atoms with Crippen LogP contribution >= 0.6 is 0 Å². The Hall–Kier alpha value is -2.22. The highest BCUT2D eigenvalue weighted by molar-refractivity contribution is 5.86. The topological polar surface area (TPSA) is 80.0 Å². The minimum absolute atomic E-state index is 0.150. The van der Waals surface area contributed by atoms with Crippen molar-refractivity contribution in [1.29, 1.82) is 5.26 Å². The second kappa shape index (κ2) is 5.03. The Morgan fingerprint density at radius 2 is 2.19 bits per heavy atom. The SMILES string of the molecule is CC(=O)Oc1cccnc1C(C#N)C(C)=O. The van der Waals surface area contributed by atoms with Gasteiger partial charge in [0.1, 0.15) is 5.69 Å². The molecule has 0 N–H and O–H groups in total. The van der Waals surface area contributed by atoms with Crippen molar-refractivity contribution in [1.82, 2.24) is 4.98 Å².